The Bertz CT molecular complexity index is 4960. The number of nitrogens with zero attached hydrogens (tertiary/aromatic N) is 2. The van der Waals surface area contributed by atoms with Crippen molar-refractivity contribution >= 4 is 34.1 Å². The zero-order valence-electron chi connectivity index (χ0n) is 72.8. The molecule has 592 valence electrons. The Labute approximate surface area is 684 Å². The van der Waals surface area contributed by atoms with Gasteiger partial charge in [0.15, 0.2) is 0 Å². The Morgan fingerprint density at radius 3 is 0.614 bits per heavy atom. The van der Waals surface area contributed by atoms with Crippen LogP contribution in [0.4, 0.5) is 34.1 Å². The summed E-state index contributed by atoms with van der Waals surface area (Å²) in [5.74, 6) is 1.63. The molecule has 0 unspecified atom stereocenters. The third kappa shape index (κ3) is 20.1. The highest BCUT2D eigenvalue weighted by atomic mass is 16.3. The SMILES string of the molecule is CC(C)(C)c1cc(Cc2ccc(N(c3ccc(Cc4cc(C(C)(C)C)c(O)c(C(C)(C)C)c4)cc3)c3ccc(-c4ccccc4)cc3)cc2)cc(C(C)(C)C)c1O.CC(C)(C)c1cc(Cc2ccc(N(c3ccc(Cc4cc(C(C)(C)C)cc(C(C)(C)C)c4O)cc3)c3ccc(-c4ccccc4)cc3)cc2)c(O)c(C(C)(C)C)c1. The third-order valence-electron chi connectivity index (χ3n) is 22.1. The number of hydrogen-bond donors (Lipinski definition) is 4. The topological polar surface area (TPSA) is 87.4 Å². The molecule has 0 aromatic heterocycles. The summed E-state index contributed by atoms with van der Waals surface area (Å²) in [5, 5.41) is 45.7. The molecule has 4 N–H and O–H groups in total. The highest BCUT2D eigenvalue weighted by Gasteiger charge is 2.31. The normalized spacial score (nSPS) is 12.5. The van der Waals surface area contributed by atoms with Crippen LogP contribution in [0.15, 0.2) is 255 Å². The molecule has 114 heavy (non-hydrogen) atoms. The lowest BCUT2D eigenvalue weighted by atomic mass is 9.78. The number of benzene rings is 12. The van der Waals surface area contributed by atoms with Crippen molar-refractivity contribution in [3.63, 3.8) is 0 Å². The van der Waals surface area contributed by atoms with Crippen LogP contribution in [0.3, 0.4) is 0 Å². The lowest BCUT2D eigenvalue weighted by Crippen LogP contribution is -2.18. The molecule has 12 rings (SSSR count). The first-order valence-electron chi connectivity index (χ1n) is 40.9. The molecular formula is C108H126N2O4. The molecule has 0 atom stereocenters. The number of anilines is 6. The first kappa shape index (κ1) is 84.4. The van der Waals surface area contributed by atoms with Crippen LogP contribution in [0.1, 0.15) is 255 Å². The van der Waals surface area contributed by atoms with Crippen molar-refractivity contribution in [2.45, 2.75) is 235 Å². The van der Waals surface area contributed by atoms with Gasteiger partial charge in [0.2, 0.25) is 0 Å². The number of phenols is 4. The molecule has 0 aliphatic rings. The Kier molecular flexibility index (Phi) is 24.2. The Morgan fingerprint density at radius 1 is 0.193 bits per heavy atom. The van der Waals surface area contributed by atoms with Gasteiger partial charge in [0.25, 0.3) is 0 Å². The maximum atomic E-state index is 11.5. The average Bonchev–Trinajstić information content (AvgIpc) is 0.789. The summed E-state index contributed by atoms with van der Waals surface area (Å²) in [6.07, 6.45) is 2.83. The van der Waals surface area contributed by atoms with Gasteiger partial charge in [-0.15, -0.1) is 0 Å². The Hall–Kier alpha value is -10.6. The van der Waals surface area contributed by atoms with E-state index in [0.29, 0.717) is 35.8 Å². The van der Waals surface area contributed by atoms with Crippen molar-refractivity contribution in [3.05, 3.63) is 344 Å². The summed E-state index contributed by atoms with van der Waals surface area (Å²) in [7, 11) is 0. The van der Waals surface area contributed by atoms with E-state index in [1.54, 1.807) is 0 Å². The summed E-state index contributed by atoms with van der Waals surface area (Å²) < 4.78 is 0. The molecule has 0 heterocycles. The van der Waals surface area contributed by atoms with E-state index in [1.165, 1.54) is 55.6 Å². The molecule has 0 radical (unpaired) electrons. The lowest BCUT2D eigenvalue weighted by molar-refractivity contribution is 0.422. The van der Waals surface area contributed by atoms with Crippen LogP contribution in [-0.2, 0) is 69.0 Å². The summed E-state index contributed by atoms with van der Waals surface area (Å²) in [6, 6.07) is 91.4. The monoisotopic (exact) mass is 1510 g/mol. The molecule has 0 amide bonds. The molecular weight excluding hydrogens is 1390 g/mol. The van der Waals surface area contributed by atoms with E-state index in [9.17, 15) is 20.4 Å². The van der Waals surface area contributed by atoms with E-state index in [1.807, 2.05) is 6.07 Å². The van der Waals surface area contributed by atoms with Gasteiger partial charge in [0, 0.05) is 47.0 Å². The summed E-state index contributed by atoms with van der Waals surface area (Å²) in [4.78, 5) is 4.63. The van der Waals surface area contributed by atoms with Gasteiger partial charge in [-0.05, 0) is 240 Å². The molecule has 6 nitrogen and oxygen atoms in total. The second-order valence-electron chi connectivity index (χ2n) is 40.0. The molecule has 12 aromatic rings. The van der Waals surface area contributed by atoms with E-state index in [0.717, 1.165) is 103 Å². The Balaban J connectivity index is 0.000000225. The van der Waals surface area contributed by atoms with Crippen molar-refractivity contribution in [2.75, 3.05) is 9.80 Å². The minimum Gasteiger partial charge on any atom is -0.507 e. The van der Waals surface area contributed by atoms with E-state index in [4.69, 9.17) is 0 Å². The molecule has 0 spiro atoms. The van der Waals surface area contributed by atoms with Gasteiger partial charge >= 0.3 is 0 Å². The highest BCUT2D eigenvalue weighted by Crippen LogP contribution is 2.47. The van der Waals surface area contributed by atoms with Gasteiger partial charge in [-0.25, -0.2) is 0 Å². The molecule has 0 saturated heterocycles. The van der Waals surface area contributed by atoms with Gasteiger partial charge in [-0.1, -0.05) is 348 Å². The third-order valence-corrected chi connectivity index (χ3v) is 22.1. The quantitative estimate of drug-likeness (QED) is 0.0771. The maximum absolute atomic E-state index is 11.5. The molecule has 0 aliphatic heterocycles. The van der Waals surface area contributed by atoms with Crippen molar-refractivity contribution in [1.82, 2.24) is 0 Å². The molecule has 0 bridgehead atoms. The predicted molar refractivity (Wildman–Crippen MR) is 486 cm³/mol. The molecule has 0 fully saturated rings. The molecule has 12 aromatic carbocycles. The first-order valence-corrected chi connectivity index (χ1v) is 40.9. The lowest BCUT2D eigenvalue weighted by Gasteiger charge is -2.28. The highest BCUT2D eigenvalue weighted by molar-refractivity contribution is 5.81. The van der Waals surface area contributed by atoms with Crippen LogP contribution in [0.2, 0.25) is 0 Å². The van der Waals surface area contributed by atoms with Crippen molar-refractivity contribution in [1.29, 1.82) is 0 Å². The van der Waals surface area contributed by atoms with Crippen LogP contribution < -0.4 is 9.80 Å². The fourth-order valence-electron chi connectivity index (χ4n) is 15.3. The molecule has 0 aliphatic carbocycles. The minimum atomic E-state index is -0.178. The first-order chi connectivity index (χ1) is 53.2. The van der Waals surface area contributed by atoms with Gasteiger partial charge in [-0.2, -0.15) is 0 Å². The van der Waals surface area contributed by atoms with Crippen LogP contribution in [0, 0.1) is 0 Å². The minimum absolute atomic E-state index is 0.0371. The number of phenolic OH excluding ortho intramolecular Hbond substituents is 4. The Morgan fingerprint density at radius 2 is 0.395 bits per heavy atom. The van der Waals surface area contributed by atoms with E-state index >= 15 is 0 Å². The van der Waals surface area contributed by atoms with E-state index < -0.39 is 0 Å². The molecule has 0 saturated carbocycles. The maximum Gasteiger partial charge on any atom is 0.123 e. The van der Waals surface area contributed by atoms with Crippen LogP contribution in [0.5, 0.6) is 23.0 Å². The van der Waals surface area contributed by atoms with Crippen molar-refractivity contribution < 1.29 is 20.4 Å². The fraction of sp³-hybridized carbons (Fsp3) is 0.333. The fourth-order valence-corrected chi connectivity index (χ4v) is 15.3. The van der Waals surface area contributed by atoms with Crippen LogP contribution >= 0.6 is 0 Å². The smallest absolute Gasteiger partial charge is 0.123 e. The van der Waals surface area contributed by atoms with Crippen molar-refractivity contribution in [2.24, 2.45) is 0 Å². The van der Waals surface area contributed by atoms with Crippen LogP contribution in [-0.4, -0.2) is 20.4 Å². The van der Waals surface area contributed by atoms with Gasteiger partial charge in [-0.3, -0.25) is 0 Å². The van der Waals surface area contributed by atoms with Crippen molar-refractivity contribution in [3.8, 4) is 45.3 Å². The predicted octanol–water partition coefficient (Wildman–Crippen LogP) is 29.2. The van der Waals surface area contributed by atoms with Gasteiger partial charge in [0.1, 0.15) is 23.0 Å². The van der Waals surface area contributed by atoms with Gasteiger partial charge < -0.3 is 30.2 Å². The second kappa shape index (κ2) is 32.7. The zero-order valence-corrected chi connectivity index (χ0v) is 72.8. The van der Waals surface area contributed by atoms with Crippen LogP contribution in [0.25, 0.3) is 22.3 Å². The number of aromatic hydroxyl groups is 4. The summed E-state index contributed by atoms with van der Waals surface area (Å²) in [5.41, 5.74) is 27.5. The van der Waals surface area contributed by atoms with E-state index in [-0.39, 0.29) is 43.3 Å². The summed E-state index contributed by atoms with van der Waals surface area (Å²) >= 11 is 0. The zero-order chi connectivity index (χ0) is 83.0. The van der Waals surface area contributed by atoms with E-state index in [2.05, 4.69) is 425 Å². The standard InChI is InChI=1S/2C54H63NO2/c1-51(2,3)45-32-38(33-46(49(45)56)52(4,5)6)30-36-18-24-42(25-19-36)55(44-28-22-41(23-29-44)40-16-14-13-15-17-40)43-26-20-37(21-27-43)31-39-34-47(53(7,8)9)50(57)48(35-39)54(10,11)12;1-51(2,3)42-32-40(49(56)47(34-42)53(7,8)9)30-36-18-24-44(25-19-36)55(46-28-22-39(23-29-46)38-16-14-13-15-17-38)45-26-20-37(21-27-45)31-41-33-43(52(4,5)6)35-48(50(41)57)54(10,11)12/h2*13-29,32-35,56-57H,30-31H2,1-12H3. The average molecular weight is 1520 g/mol. The second-order valence-corrected chi connectivity index (χ2v) is 40.0. The number of hydrogen-bond acceptors (Lipinski definition) is 6. The van der Waals surface area contributed by atoms with Gasteiger partial charge in [0.05, 0.1) is 0 Å². The summed E-state index contributed by atoms with van der Waals surface area (Å²) in [6.45, 7) is 52.4. The largest absolute Gasteiger partial charge is 0.507 e. The number of rotatable bonds is 16. The molecule has 6 heteroatoms.